The number of aryl methyl sites for hydroxylation is 3. The molecule has 0 amide bonds. The summed E-state index contributed by atoms with van der Waals surface area (Å²) in [5.74, 6) is 2.14. The highest BCUT2D eigenvalue weighted by Gasteiger charge is 2.30. The van der Waals surface area contributed by atoms with Gasteiger partial charge in [-0.05, 0) is 19.8 Å². The first-order valence-electron chi connectivity index (χ1n) is 8.47. The Balaban J connectivity index is 1.66. The van der Waals surface area contributed by atoms with E-state index < -0.39 is 0 Å². The number of ketones is 1. The summed E-state index contributed by atoms with van der Waals surface area (Å²) in [4.78, 5) is 28.4. The molecule has 0 aromatic carbocycles. The van der Waals surface area contributed by atoms with Crippen LogP contribution in [0, 0.1) is 12.8 Å². The minimum atomic E-state index is -0.0724. The second-order valence-electron chi connectivity index (χ2n) is 6.61. The zero-order chi connectivity index (χ0) is 17.6. The number of carbonyl (C=O) groups is 1. The highest BCUT2D eigenvalue weighted by Crippen LogP contribution is 2.29. The molecule has 1 saturated heterocycles. The first-order valence-corrected chi connectivity index (χ1v) is 8.47. The SMILES string of the molecule is Cc1nc(N2CCC[C@H](C(=O)c3nccn3C)C2)c2cnn(C)c2n1. The van der Waals surface area contributed by atoms with E-state index in [4.69, 9.17) is 0 Å². The molecule has 0 N–H and O–H groups in total. The number of Topliss-reactive ketones (excluding diaryl/α,β-unsaturated/α-hetero) is 1. The molecule has 0 unspecified atom stereocenters. The van der Waals surface area contributed by atoms with E-state index in [1.807, 2.05) is 21.0 Å². The van der Waals surface area contributed by atoms with Crippen LogP contribution in [0.15, 0.2) is 18.6 Å². The van der Waals surface area contributed by atoms with Crippen molar-refractivity contribution in [2.45, 2.75) is 19.8 Å². The van der Waals surface area contributed by atoms with Crippen LogP contribution in [0.1, 0.15) is 29.3 Å². The number of fused-ring (bicyclic) bond motifs is 1. The molecule has 1 fully saturated rings. The minimum Gasteiger partial charge on any atom is -0.355 e. The molecule has 1 aliphatic heterocycles. The predicted octanol–water partition coefficient (Wildman–Crippen LogP) is 1.50. The first kappa shape index (κ1) is 15.7. The number of rotatable bonds is 3. The van der Waals surface area contributed by atoms with E-state index >= 15 is 0 Å². The molecule has 4 heterocycles. The standard InChI is InChI=1S/C17H21N7O/c1-11-20-15-13(9-19-23(15)3)16(21-11)24-7-4-5-12(10-24)14(25)17-18-6-8-22(17)2/h6,8-9,12H,4-5,7,10H2,1-3H3/t12-/m0/s1. The quantitative estimate of drug-likeness (QED) is 0.673. The van der Waals surface area contributed by atoms with Gasteiger partial charge in [-0.15, -0.1) is 0 Å². The van der Waals surface area contributed by atoms with Crippen molar-refractivity contribution in [3.05, 3.63) is 30.2 Å². The molecule has 8 nitrogen and oxygen atoms in total. The largest absolute Gasteiger partial charge is 0.355 e. The van der Waals surface area contributed by atoms with Gasteiger partial charge in [-0.3, -0.25) is 9.48 Å². The molecule has 0 bridgehead atoms. The van der Waals surface area contributed by atoms with Crippen LogP contribution in [-0.2, 0) is 14.1 Å². The van der Waals surface area contributed by atoms with Crippen molar-refractivity contribution in [1.82, 2.24) is 29.3 Å². The molecule has 3 aromatic heterocycles. The highest BCUT2D eigenvalue weighted by atomic mass is 16.1. The summed E-state index contributed by atoms with van der Waals surface area (Å²) in [6, 6.07) is 0. The van der Waals surface area contributed by atoms with Gasteiger partial charge in [0.1, 0.15) is 11.6 Å². The molecule has 25 heavy (non-hydrogen) atoms. The van der Waals surface area contributed by atoms with Gasteiger partial charge in [0, 0.05) is 45.5 Å². The maximum Gasteiger partial charge on any atom is 0.203 e. The van der Waals surface area contributed by atoms with E-state index in [9.17, 15) is 4.79 Å². The molecule has 0 spiro atoms. The molecule has 8 heteroatoms. The second-order valence-corrected chi connectivity index (χ2v) is 6.61. The average Bonchev–Trinajstić information content (AvgIpc) is 3.20. The van der Waals surface area contributed by atoms with Crippen LogP contribution >= 0.6 is 0 Å². The minimum absolute atomic E-state index is 0.0724. The summed E-state index contributed by atoms with van der Waals surface area (Å²) in [7, 11) is 3.73. The van der Waals surface area contributed by atoms with Crippen molar-refractivity contribution in [1.29, 1.82) is 0 Å². The van der Waals surface area contributed by atoms with E-state index in [1.54, 1.807) is 27.8 Å². The Labute approximate surface area is 145 Å². The number of carbonyl (C=O) groups excluding carboxylic acids is 1. The van der Waals surface area contributed by atoms with Crippen molar-refractivity contribution >= 4 is 22.6 Å². The van der Waals surface area contributed by atoms with Crippen LogP contribution < -0.4 is 4.90 Å². The van der Waals surface area contributed by atoms with Gasteiger partial charge in [0.15, 0.2) is 11.5 Å². The lowest BCUT2D eigenvalue weighted by molar-refractivity contribution is 0.0893. The van der Waals surface area contributed by atoms with Gasteiger partial charge in [-0.2, -0.15) is 5.10 Å². The number of hydrogen-bond donors (Lipinski definition) is 0. The number of piperidine rings is 1. The van der Waals surface area contributed by atoms with Crippen LogP contribution in [0.5, 0.6) is 0 Å². The van der Waals surface area contributed by atoms with Crippen molar-refractivity contribution in [2.24, 2.45) is 20.0 Å². The fourth-order valence-electron chi connectivity index (χ4n) is 3.52. The summed E-state index contributed by atoms with van der Waals surface area (Å²) in [5, 5.41) is 5.23. The zero-order valence-corrected chi connectivity index (χ0v) is 14.7. The lowest BCUT2D eigenvalue weighted by Crippen LogP contribution is -2.40. The van der Waals surface area contributed by atoms with Crippen molar-refractivity contribution < 1.29 is 4.79 Å². The van der Waals surface area contributed by atoms with Crippen molar-refractivity contribution in [3.8, 4) is 0 Å². The lowest BCUT2D eigenvalue weighted by atomic mass is 9.93. The monoisotopic (exact) mass is 339 g/mol. The van der Waals surface area contributed by atoms with Gasteiger partial charge in [-0.1, -0.05) is 0 Å². The smallest absolute Gasteiger partial charge is 0.203 e. The van der Waals surface area contributed by atoms with Crippen LogP contribution in [0.25, 0.3) is 11.0 Å². The summed E-state index contributed by atoms with van der Waals surface area (Å²) < 4.78 is 3.55. The van der Waals surface area contributed by atoms with Gasteiger partial charge in [0.25, 0.3) is 0 Å². The molecule has 1 atom stereocenters. The third-order valence-corrected chi connectivity index (χ3v) is 4.82. The topological polar surface area (TPSA) is 81.7 Å². The van der Waals surface area contributed by atoms with E-state index in [2.05, 4.69) is 25.0 Å². The first-order chi connectivity index (χ1) is 12.0. The molecule has 130 valence electrons. The Morgan fingerprint density at radius 1 is 1.28 bits per heavy atom. The molecule has 0 aliphatic carbocycles. The Bertz CT molecular complexity index is 942. The van der Waals surface area contributed by atoms with Crippen LogP contribution in [0.4, 0.5) is 5.82 Å². The fraction of sp³-hybridized carbons (Fsp3) is 0.471. The third-order valence-electron chi connectivity index (χ3n) is 4.82. The second kappa shape index (κ2) is 5.94. The van der Waals surface area contributed by atoms with Crippen LogP contribution in [-0.4, -0.2) is 48.2 Å². The summed E-state index contributed by atoms with van der Waals surface area (Å²) in [5.41, 5.74) is 0.819. The maximum atomic E-state index is 12.8. The number of hydrogen-bond acceptors (Lipinski definition) is 6. The van der Waals surface area contributed by atoms with Gasteiger partial charge in [-0.25, -0.2) is 15.0 Å². The van der Waals surface area contributed by atoms with Crippen molar-refractivity contribution in [3.63, 3.8) is 0 Å². The lowest BCUT2D eigenvalue weighted by Gasteiger charge is -2.33. The number of nitrogens with zero attached hydrogens (tertiary/aromatic N) is 7. The van der Waals surface area contributed by atoms with E-state index in [0.717, 1.165) is 36.2 Å². The summed E-state index contributed by atoms with van der Waals surface area (Å²) in [6.07, 6.45) is 7.10. The van der Waals surface area contributed by atoms with Gasteiger partial charge in [0.05, 0.1) is 11.6 Å². The molecule has 0 radical (unpaired) electrons. The van der Waals surface area contributed by atoms with Crippen LogP contribution in [0.3, 0.4) is 0 Å². The molecule has 0 saturated carbocycles. The molecule has 4 rings (SSSR count). The van der Waals surface area contributed by atoms with E-state index in [0.29, 0.717) is 18.2 Å². The average molecular weight is 339 g/mol. The Morgan fingerprint density at radius 3 is 2.88 bits per heavy atom. The predicted molar refractivity (Wildman–Crippen MR) is 93.5 cm³/mol. The molecule has 1 aliphatic rings. The van der Waals surface area contributed by atoms with Gasteiger partial charge < -0.3 is 9.47 Å². The highest BCUT2D eigenvalue weighted by molar-refractivity contribution is 5.95. The van der Waals surface area contributed by atoms with Crippen LogP contribution in [0.2, 0.25) is 0 Å². The molecular weight excluding hydrogens is 318 g/mol. The Kier molecular flexibility index (Phi) is 3.74. The number of anilines is 1. The Hall–Kier alpha value is -2.77. The number of imidazole rings is 1. The summed E-state index contributed by atoms with van der Waals surface area (Å²) >= 11 is 0. The van der Waals surface area contributed by atoms with E-state index in [1.165, 1.54) is 0 Å². The molecular formula is C17H21N7O. The van der Waals surface area contributed by atoms with Gasteiger partial charge in [0.2, 0.25) is 5.78 Å². The third kappa shape index (κ3) is 2.67. The number of aromatic nitrogens is 6. The Morgan fingerprint density at radius 2 is 2.12 bits per heavy atom. The zero-order valence-electron chi connectivity index (χ0n) is 14.7. The summed E-state index contributed by atoms with van der Waals surface area (Å²) in [6.45, 7) is 3.41. The normalized spacial score (nSPS) is 18.0. The maximum absolute atomic E-state index is 12.8. The fourth-order valence-corrected chi connectivity index (χ4v) is 3.52. The van der Waals surface area contributed by atoms with Crippen molar-refractivity contribution in [2.75, 3.05) is 18.0 Å². The molecule has 3 aromatic rings. The van der Waals surface area contributed by atoms with Gasteiger partial charge >= 0.3 is 0 Å². The van der Waals surface area contributed by atoms with E-state index in [-0.39, 0.29) is 11.7 Å².